The SMILES string of the molecule is COCOC[C@@H](C)C[C@@H](c1ccccc1I)N(C(=O)O)C1CC1. The van der Waals surface area contributed by atoms with Crippen molar-refractivity contribution in [3.8, 4) is 0 Å². The number of halogens is 1. The lowest BCUT2D eigenvalue weighted by Crippen LogP contribution is -2.37. The number of carboxylic acid groups (broad SMARTS) is 1. The summed E-state index contributed by atoms with van der Waals surface area (Å²) < 4.78 is 11.4. The fourth-order valence-corrected chi connectivity index (χ4v) is 3.56. The van der Waals surface area contributed by atoms with E-state index in [-0.39, 0.29) is 24.8 Å². The number of nitrogens with zero attached hydrogens (tertiary/aromatic N) is 1. The van der Waals surface area contributed by atoms with Crippen LogP contribution in [0.25, 0.3) is 0 Å². The normalized spacial score (nSPS) is 16.8. The molecule has 2 rings (SSSR count). The molecular formula is C17H24INO4. The van der Waals surface area contributed by atoms with E-state index in [2.05, 4.69) is 29.5 Å². The van der Waals surface area contributed by atoms with Crippen molar-refractivity contribution in [1.82, 2.24) is 4.90 Å². The standard InChI is InChI=1S/C17H24INO4/c1-12(10-23-11-22-2)9-16(14-5-3-4-6-15(14)18)19(17(20)21)13-7-8-13/h3-6,12-13,16H,7-11H2,1-2H3,(H,20,21)/t12-,16-/m0/s1. The Morgan fingerprint density at radius 1 is 1.43 bits per heavy atom. The van der Waals surface area contributed by atoms with Gasteiger partial charge in [-0.25, -0.2) is 4.79 Å². The van der Waals surface area contributed by atoms with Crippen LogP contribution in [0, 0.1) is 9.49 Å². The maximum atomic E-state index is 11.8. The predicted octanol–water partition coefficient (Wildman–Crippen LogP) is 4.12. The van der Waals surface area contributed by atoms with Gasteiger partial charge in [-0.2, -0.15) is 0 Å². The van der Waals surface area contributed by atoms with Crippen LogP contribution < -0.4 is 0 Å². The van der Waals surface area contributed by atoms with Gasteiger partial charge in [-0.15, -0.1) is 0 Å². The number of ether oxygens (including phenoxy) is 2. The van der Waals surface area contributed by atoms with Gasteiger partial charge >= 0.3 is 6.09 Å². The van der Waals surface area contributed by atoms with E-state index in [9.17, 15) is 9.90 Å². The van der Waals surface area contributed by atoms with Gasteiger partial charge in [0.05, 0.1) is 12.6 Å². The smallest absolute Gasteiger partial charge is 0.408 e. The molecule has 23 heavy (non-hydrogen) atoms. The fraction of sp³-hybridized carbons (Fsp3) is 0.588. The highest BCUT2D eigenvalue weighted by Crippen LogP contribution is 2.39. The van der Waals surface area contributed by atoms with Crippen molar-refractivity contribution >= 4 is 28.7 Å². The van der Waals surface area contributed by atoms with Gasteiger partial charge in [0.25, 0.3) is 0 Å². The Labute approximate surface area is 151 Å². The van der Waals surface area contributed by atoms with Gasteiger partial charge in [-0.3, -0.25) is 4.90 Å². The van der Waals surface area contributed by atoms with Crippen LogP contribution in [-0.2, 0) is 9.47 Å². The third kappa shape index (κ3) is 5.32. The van der Waals surface area contributed by atoms with Crippen LogP contribution in [0.3, 0.4) is 0 Å². The van der Waals surface area contributed by atoms with Crippen LogP contribution in [0.1, 0.15) is 37.8 Å². The second kappa shape index (κ2) is 8.84. The van der Waals surface area contributed by atoms with E-state index in [4.69, 9.17) is 9.47 Å². The first-order valence-corrected chi connectivity index (χ1v) is 8.94. The minimum absolute atomic E-state index is 0.130. The van der Waals surface area contributed by atoms with Gasteiger partial charge in [0, 0.05) is 16.7 Å². The second-order valence-corrected chi connectivity index (χ2v) is 7.24. The number of amides is 1. The third-order valence-electron chi connectivity index (χ3n) is 3.99. The molecule has 5 nitrogen and oxygen atoms in total. The summed E-state index contributed by atoms with van der Waals surface area (Å²) in [5.41, 5.74) is 1.08. The van der Waals surface area contributed by atoms with Crippen molar-refractivity contribution in [3.05, 3.63) is 33.4 Å². The predicted molar refractivity (Wildman–Crippen MR) is 96.4 cm³/mol. The molecule has 0 spiro atoms. The molecular weight excluding hydrogens is 409 g/mol. The molecule has 1 N–H and O–H groups in total. The highest BCUT2D eigenvalue weighted by Gasteiger charge is 2.39. The molecule has 1 aliphatic rings. The first kappa shape index (κ1) is 18.5. The highest BCUT2D eigenvalue weighted by molar-refractivity contribution is 14.1. The Bertz CT molecular complexity index is 521. The molecule has 1 aliphatic carbocycles. The maximum absolute atomic E-state index is 11.8. The van der Waals surface area contributed by atoms with Crippen molar-refractivity contribution in [1.29, 1.82) is 0 Å². The molecule has 6 heteroatoms. The zero-order valence-corrected chi connectivity index (χ0v) is 15.7. The maximum Gasteiger partial charge on any atom is 0.408 e. The molecule has 0 aromatic heterocycles. The van der Waals surface area contributed by atoms with Gasteiger partial charge in [0.1, 0.15) is 6.79 Å². The third-order valence-corrected chi connectivity index (χ3v) is 4.97. The van der Waals surface area contributed by atoms with E-state index in [1.807, 2.05) is 24.3 Å². The lowest BCUT2D eigenvalue weighted by molar-refractivity contribution is -0.0446. The molecule has 1 aromatic carbocycles. The van der Waals surface area contributed by atoms with Crippen LogP contribution in [-0.4, -0.2) is 42.7 Å². The summed E-state index contributed by atoms with van der Waals surface area (Å²) in [5.74, 6) is 0.242. The molecule has 0 radical (unpaired) electrons. The lowest BCUT2D eigenvalue weighted by Gasteiger charge is -2.32. The van der Waals surface area contributed by atoms with E-state index < -0.39 is 6.09 Å². The number of rotatable bonds is 9. The van der Waals surface area contributed by atoms with Crippen molar-refractivity contribution in [2.45, 2.75) is 38.3 Å². The summed E-state index contributed by atoms with van der Waals surface area (Å²) in [6.45, 7) is 2.92. The molecule has 1 fully saturated rings. The number of benzene rings is 1. The minimum atomic E-state index is -0.831. The Morgan fingerprint density at radius 3 is 2.70 bits per heavy atom. The first-order valence-electron chi connectivity index (χ1n) is 7.87. The van der Waals surface area contributed by atoms with Gasteiger partial charge in [-0.1, -0.05) is 25.1 Å². The summed E-state index contributed by atoms with van der Waals surface area (Å²) >= 11 is 2.29. The molecule has 1 amide bonds. The van der Waals surface area contributed by atoms with E-state index in [0.717, 1.165) is 28.4 Å². The average molecular weight is 433 g/mol. The van der Waals surface area contributed by atoms with Crippen molar-refractivity contribution in [2.24, 2.45) is 5.92 Å². The monoisotopic (exact) mass is 433 g/mol. The van der Waals surface area contributed by atoms with E-state index in [0.29, 0.717) is 6.61 Å². The summed E-state index contributed by atoms with van der Waals surface area (Å²) in [5, 5.41) is 9.71. The number of methoxy groups -OCH3 is 1. The van der Waals surface area contributed by atoms with Crippen LogP contribution in [0.4, 0.5) is 4.79 Å². The quantitative estimate of drug-likeness (QED) is 0.362. The first-order chi connectivity index (χ1) is 11.0. The fourth-order valence-electron chi connectivity index (χ4n) is 2.81. The molecule has 1 aromatic rings. The van der Waals surface area contributed by atoms with Crippen LogP contribution in [0.5, 0.6) is 0 Å². The Balaban J connectivity index is 2.17. The largest absolute Gasteiger partial charge is 0.465 e. The Kier molecular flexibility index (Phi) is 7.10. The van der Waals surface area contributed by atoms with Gasteiger partial charge < -0.3 is 14.6 Å². The van der Waals surface area contributed by atoms with Crippen molar-refractivity contribution in [2.75, 3.05) is 20.5 Å². The van der Waals surface area contributed by atoms with E-state index >= 15 is 0 Å². The van der Waals surface area contributed by atoms with Gasteiger partial charge in [0.2, 0.25) is 0 Å². The minimum Gasteiger partial charge on any atom is -0.465 e. The molecule has 0 bridgehead atoms. The van der Waals surface area contributed by atoms with Gasteiger partial charge in [-0.05, 0) is 59.4 Å². The second-order valence-electron chi connectivity index (χ2n) is 6.08. The summed E-state index contributed by atoms with van der Waals surface area (Å²) in [6, 6.07) is 8.05. The molecule has 1 saturated carbocycles. The molecule has 0 saturated heterocycles. The van der Waals surface area contributed by atoms with E-state index in [1.165, 1.54) is 0 Å². The molecule has 0 unspecified atom stereocenters. The Morgan fingerprint density at radius 2 is 2.13 bits per heavy atom. The summed E-state index contributed by atoms with van der Waals surface area (Å²) in [6.07, 6.45) is 1.83. The topological polar surface area (TPSA) is 59.0 Å². The lowest BCUT2D eigenvalue weighted by atomic mass is 9.95. The van der Waals surface area contributed by atoms with Crippen LogP contribution in [0.2, 0.25) is 0 Å². The highest BCUT2D eigenvalue weighted by atomic mass is 127. The Hall–Kier alpha value is -0.860. The number of hydrogen-bond donors (Lipinski definition) is 1. The molecule has 128 valence electrons. The zero-order valence-electron chi connectivity index (χ0n) is 13.6. The number of hydrogen-bond acceptors (Lipinski definition) is 3. The molecule has 0 heterocycles. The van der Waals surface area contributed by atoms with E-state index in [1.54, 1.807) is 12.0 Å². The van der Waals surface area contributed by atoms with Crippen LogP contribution in [0.15, 0.2) is 24.3 Å². The van der Waals surface area contributed by atoms with Crippen molar-refractivity contribution < 1.29 is 19.4 Å². The van der Waals surface area contributed by atoms with Crippen molar-refractivity contribution in [3.63, 3.8) is 0 Å². The summed E-state index contributed by atoms with van der Waals surface area (Å²) in [4.78, 5) is 13.5. The average Bonchev–Trinajstić information content (AvgIpc) is 3.32. The zero-order chi connectivity index (χ0) is 16.8. The molecule has 2 atom stereocenters. The van der Waals surface area contributed by atoms with Gasteiger partial charge in [0.15, 0.2) is 0 Å². The molecule has 0 aliphatic heterocycles. The summed E-state index contributed by atoms with van der Waals surface area (Å²) in [7, 11) is 1.60. The number of carbonyl (C=O) groups is 1. The van der Waals surface area contributed by atoms with Crippen LogP contribution >= 0.6 is 22.6 Å².